The zero-order chi connectivity index (χ0) is 33.0. The van der Waals surface area contributed by atoms with Gasteiger partial charge in [0.05, 0.1) is 0 Å². The summed E-state index contributed by atoms with van der Waals surface area (Å²) in [4.78, 5) is 15.3. The summed E-state index contributed by atoms with van der Waals surface area (Å²) in [6, 6.07) is 62.4. The normalized spacial score (nSPS) is 11.6. The SMILES string of the molecule is c1ccc2cc(-c3ccc(-c4nc(-c5ccc6c(ccc7c8ccccc8ccc67)c5)nc(-c5cccc6ccccc56)n4)cc3)ccc2c1. The van der Waals surface area contributed by atoms with Gasteiger partial charge in [-0.3, -0.25) is 0 Å². The van der Waals surface area contributed by atoms with Gasteiger partial charge in [0.1, 0.15) is 0 Å². The third-order valence-corrected chi connectivity index (χ3v) is 9.89. The van der Waals surface area contributed by atoms with Gasteiger partial charge in [0.2, 0.25) is 0 Å². The Morgan fingerprint density at radius 2 is 0.720 bits per heavy atom. The highest BCUT2D eigenvalue weighted by molar-refractivity contribution is 6.17. The Hall–Kier alpha value is -6.71. The Morgan fingerprint density at radius 1 is 0.240 bits per heavy atom. The topological polar surface area (TPSA) is 38.7 Å². The van der Waals surface area contributed by atoms with Crippen LogP contribution in [-0.2, 0) is 0 Å². The minimum Gasteiger partial charge on any atom is -0.208 e. The molecule has 1 aromatic heterocycles. The first-order chi connectivity index (χ1) is 24.7. The van der Waals surface area contributed by atoms with Crippen LogP contribution in [0.15, 0.2) is 176 Å². The lowest BCUT2D eigenvalue weighted by atomic mass is 9.96. The molecule has 3 nitrogen and oxygen atoms in total. The van der Waals surface area contributed by atoms with Crippen molar-refractivity contribution >= 4 is 53.9 Å². The second-order valence-electron chi connectivity index (χ2n) is 12.9. The van der Waals surface area contributed by atoms with E-state index in [2.05, 4.69) is 176 Å². The summed E-state index contributed by atoms with van der Waals surface area (Å²) >= 11 is 0. The molecule has 0 spiro atoms. The van der Waals surface area contributed by atoms with Gasteiger partial charge in [0, 0.05) is 16.7 Å². The lowest BCUT2D eigenvalue weighted by molar-refractivity contribution is 1.08. The summed E-state index contributed by atoms with van der Waals surface area (Å²) in [6.07, 6.45) is 0. The van der Waals surface area contributed by atoms with E-state index in [1.54, 1.807) is 0 Å². The average molecular weight is 636 g/mol. The van der Waals surface area contributed by atoms with Crippen LogP contribution in [0.4, 0.5) is 0 Å². The number of hydrogen-bond acceptors (Lipinski definition) is 3. The first-order valence-electron chi connectivity index (χ1n) is 16.9. The van der Waals surface area contributed by atoms with E-state index >= 15 is 0 Å². The average Bonchev–Trinajstić information content (AvgIpc) is 3.20. The fraction of sp³-hybridized carbons (Fsp3) is 0. The van der Waals surface area contributed by atoms with Gasteiger partial charge in [0.15, 0.2) is 17.5 Å². The molecule has 0 saturated heterocycles. The van der Waals surface area contributed by atoms with Crippen LogP contribution in [0, 0.1) is 0 Å². The maximum Gasteiger partial charge on any atom is 0.164 e. The van der Waals surface area contributed by atoms with Gasteiger partial charge in [-0.1, -0.05) is 164 Å². The van der Waals surface area contributed by atoms with Crippen molar-refractivity contribution in [1.29, 1.82) is 0 Å². The van der Waals surface area contributed by atoms with Crippen LogP contribution in [-0.4, -0.2) is 15.0 Å². The molecular formula is C47H29N3. The molecule has 10 aromatic rings. The molecule has 50 heavy (non-hydrogen) atoms. The first-order valence-corrected chi connectivity index (χ1v) is 16.9. The van der Waals surface area contributed by atoms with Crippen molar-refractivity contribution < 1.29 is 0 Å². The summed E-state index contributed by atoms with van der Waals surface area (Å²) in [5.74, 6) is 1.95. The maximum absolute atomic E-state index is 5.13. The number of nitrogens with zero attached hydrogens (tertiary/aromatic N) is 3. The first kappa shape index (κ1) is 28.3. The van der Waals surface area contributed by atoms with E-state index in [1.807, 2.05) is 0 Å². The Bertz CT molecular complexity index is 2920. The lowest BCUT2D eigenvalue weighted by Gasteiger charge is -2.12. The molecule has 0 bridgehead atoms. The highest BCUT2D eigenvalue weighted by atomic mass is 15.0. The van der Waals surface area contributed by atoms with Gasteiger partial charge >= 0.3 is 0 Å². The number of hydrogen-bond donors (Lipinski definition) is 0. The molecule has 9 aromatic carbocycles. The summed E-state index contributed by atoms with van der Waals surface area (Å²) in [5.41, 5.74) is 5.21. The van der Waals surface area contributed by atoms with Crippen molar-refractivity contribution in [1.82, 2.24) is 15.0 Å². The molecule has 0 fully saturated rings. The van der Waals surface area contributed by atoms with Gasteiger partial charge < -0.3 is 0 Å². The van der Waals surface area contributed by atoms with Crippen LogP contribution in [0.5, 0.6) is 0 Å². The van der Waals surface area contributed by atoms with Crippen LogP contribution in [0.25, 0.3) is 99.2 Å². The van der Waals surface area contributed by atoms with Crippen LogP contribution in [0.3, 0.4) is 0 Å². The number of fused-ring (bicyclic) bond motifs is 7. The van der Waals surface area contributed by atoms with Crippen LogP contribution < -0.4 is 0 Å². The fourth-order valence-corrected chi connectivity index (χ4v) is 7.32. The van der Waals surface area contributed by atoms with Gasteiger partial charge in [-0.25, -0.2) is 15.0 Å². The van der Waals surface area contributed by atoms with Crippen molar-refractivity contribution in [3.63, 3.8) is 0 Å². The number of aromatic nitrogens is 3. The van der Waals surface area contributed by atoms with Crippen LogP contribution in [0.2, 0.25) is 0 Å². The predicted octanol–water partition coefficient (Wildman–Crippen LogP) is 12.3. The third kappa shape index (κ3) is 4.79. The largest absolute Gasteiger partial charge is 0.208 e. The predicted molar refractivity (Wildman–Crippen MR) is 209 cm³/mol. The molecule has 0 aliphatic heterocycles. The van der Waals surface area contributed by atoms with Gasteiger partial charge in [-0.2, -0.15) is 0 Å². The molecule has 10 rings (SSSR count). The van der Waals surface area contributed by atoms with Crippen molar-refractivity contribution in [3.05, 3.63) is 176 Å². The quantitative estimate of drug-likeness (QED) is 0.181. The number of benzene rings is 9. The van der Waals surface area contributed by atoms with E-state index in [0.29, 0.717) is 17.5 Å². The Morgan fingerprint density at radius 3 is 1.52 bits per heavy atom. The van der Waals surface area contributed by atoms with Gasteiger partial charge in [-0.15, -0.1) is 0 Å². The summed E-state index contributed by atoms with van der Waals surface area (Å²) in [6.45, 7) is 0. The molecule has 1 heterocycles. The van der Waals surface area contributed by atoms with Crippen molar-refractivity contribution in [2.24, 2.45) is 0 Å². The van der Waals surface area contributed by atoms with E-state index in [0.717, 1.165) is 38.4 Å². The van der Waals surface area contributed by atoms with Crippen molar-refractivity contribution in [2.45, 2.75) is 0 Å². The van der Waals surface area contributed by atoms with E-state index in [-0.39, 0.29) is 0 Å². The van der Waals surface area contributed by atoms with Crippen molar-refractivity contribution in [2.75, 3.05) is 0 Å². The highest BCUT2D eigenvalue weighted by Crippen LogP contribution is 2.35. The zero-order valence-electron chi connectivity index (χ0n) is 27.1. The summed E-state index contributed by atoms with van der Waals surface area (Å²) in [7, 11) is 0. The van der Waals surface area contributed by atoms with E-state index < -0.39 is 0 Å². The maximum atomic E-state index is 5.13. The molecule has 0 radical (unpaired) electrons. The molecule has 0 aliphatic carbocycles. The second-order valence-corrected chi connectivity index (χ2v) is 12.9. The molecule has 0 saturated carbocycles. The third-order valence-electron chi connectivity index (χ3n) is 9.89. The molecular weight excluding hydrogens is 607 g/mol. The van der Waals surface area contributed by atoms with Crippen LogP contribution in [0.1, 0.15) is 0 Å². The minimum absolute atomic E-state index is 0.646. The Labute approximate surface area is 289 Å². The molecule has 0 atom stereocenters. The standard InChI is InChI=1S/C47H29N3/c1-2-11-35-28-36(21-18-30(35)8-1)31-16-19-34(20-17-31)45-48-46(50-47(49-45)44-15-7-12-32-9-3-6-14-40(32)44)38-24-25-41-37(29-38)23-27-42-39-13-5-4-10-33(39)22-26-43(41)42/h1-29H. The lowest BCUT2D eigenvalue weighted by Crippen LogP contribution is -2.00. The number of rotatable bonds is 4. The fourth-order valence-electron chi connectivity index (χ4n) is 7.32. The van der Waals surface area contributed by atoms with Crippen molar-refractivity contribution in [3.8, 4) is 45.3 Å². The molecule has 232 valence electrons. The highest BCUT2D eigenvalue weighted by Gasteiger charge is 2.15. The van der Waals surface area contributed by atoms with E-state index in [4.69, 9.17) is 15.0 Å². The van der Waals surface area contributed by atoms with Crippen LogP contribution >= 0.6 is 0 Å². The smallest absolute Gasteiger partial charge is 0.164 e. The molecule has 0 amide bonds. The molecule has 0 aliphatic rings. The Kier molecular flexibility index (Phi) is 6.49. The Balaban J connectivity index is 1.12. The molecule has 0 unspecified atom stereocenters. The van der Waals surface area contributed by atoms with Gasteiger partial charge in [0.25, 0.3) is 0 Å². The summed E-state index contributed by atoms with van der Waals surface area (Å²) < 4.78 is 0. The van der Waals surface area contributed by atoms with E-state index in [1.165, 1.54) is 43.3 Å². The van der Waals surface area contributed by atoms with Gasteiger partial charge in [-0.05, 0) is 77.1 Å². The second kappa shape index (κ2) is 11.5. The summed E-state index contributed by atoms with van der Waals surface area (Å²) in [5, 5.41) is 12.1. The molecule has 0 N–H and O–H groups in total. The zero-order valence-corrected chi connectivity index (χ0v) is 27.1. The molecule has 3 heteroatoms. The monoisotopic (exact) mass is 635 g/mol. The minimum atomic E-state index is 0.646. The van der Waals surface area contributed by atoms with E-state index in [9.17, 15) is 0 Å².